The Morgan fingerprint density at radius 2 is 1.92 bits per heavy atom. The number of benzene rings is 2. The van der Waals surface area contributed by atoms with Crippen LogP contribution in [0.3, 0.4) is 0 Å². The molecule has 0 radical (unpaired) electrons. The molecule has 2 rings (SSSR count). The molecule has 0 aromatic heterocycles. The minimum atomic E-state index is -3.54. The molecule has 0 saturated carbocycles. The molecule has 0 bridgehead atoms. The van der Waals surface area contributed by atoms with Crippen LogP contribution in [0.2, 0.25) is 5.02 Å². The standard InChI is InChI=1S/C16H17ClN2O5S/c1-18(10-11-8-12(17)4-7-16(11)24-2)14-6-5-13(25(3,22)23)9-15(14)19(20)21/h4-9H,10H2,1-3H3. The number of hydrogen-bond donors (Lipinski definition) is 0. The highest BCUT2D eigenvalue weighted by Crippen LogP contribution is 2.32. The highest BCUT2D eigenvalue weighted by Gasteiger charge is 2.21. The second kappa shape index (κ2) is 7.28. The number of nitro benzene ring substituents is 1. The van der Waals surface area contributed by atoms with Gasteiger partial charge in [-0.2, -0.15) is 0 Å². The van der Waals surface area contributed by atoms with Crippen LogP contribution in [-0.2, 0) is 16.4 Å². The molecule has 0 amide bonds. The van der Waals surface area contributed by atoms with Crippen molar-refractivity contribution < 1.29 is 18.1 Å². The molecule has 0 unspecified atom stereocenters. The van der Waals surface area contributed by atoms with E-state index in [1.54, 1.807) is 30.1 Å². The Hall–Kier alpha value is -2.32. The monoisotopic (exact) mass is 384 g/mol. The molecule has 2 aromatic carbocycles. The summed E-state index contributed by atoms with van der Waals surface area (Å²) in [6.45, 7) is 0.294. The molecule has 0 atom stereocenters. The van der Waals surface area contributed by atoms with Crippen LogP contribution in [0.25, 0.3) is 0 Å². The Morgan fingerprint density at radius 3 is 2.48 bits per heavy atom. The van der Waals surface area contributed by atoms with Crippen molar-refractivity contribution in [2.75, 3.05) is 25.3 Å². The molecule has 0 fully saturated rings. The van der Waals surface area contributed by atoms with Gasteiger partial charge in [0.2, 0.25) is 0 Å². The third-order valence-electron chi connectivity index (χ3n) is 3.63. The van der Waals surface area contributed by atoms with Crippen molar-refractivity contribution in [3.8, 4) is 5.75 Å². The molecule has 0 saturated heterocycles. The van der Waals surface area contributed by atoms with Crippen molar-refractivity contribution in [1.82, 2.24) is 0 Å². The number of hydrogen-bond acceptors (Lipinski definition) is 6. The van der Waals surface area contributed by atoms with Gasteiger partial charge < -0.3 is 9.64 Å². The number of halogens is 1. The zero-order valence-electron chi connectivity index (χ0n) is 13.9. The molecular formula is C16H17ClN2O5S. The third-order valence-corrected chi connectivity index (χ3v) is 4.98. The van der Waals surface area contributed by atoms with E-state index in [-0.39, 0.29) is 10.6 Å². The first-order chi connectivity index (χ1) is 11.6. The molecule has 134 valence electrons. The molecule has 9 heteroatoms. The maximum atomic E-state index is 11.6. The van der Waals surface area contributed by atoms with E-state index in [0.717, 1.165) is 17.9 Å². The summed E-state index contributed by atoms with van der Waals surface area (Å²) in [5.41, 5.74) is 0.754. The molecule has 0 aliphatic carbocycles. The van der Waals surface area contributed by atoms with Crippen LogP contribution in [0, 0.1) is 10.1 Å². The van der Waals surface area contributed by atoms with Crippen molar-refractivity contribution >= 4 is 32.8 Å². The van der Waals surface area contributed by atoms with Crippen LogP contribution in [0.1, 0.15) is 5.56 Å². The fourth-order valence-corrected chi connectivity index (χ4v) is 3.25. The number of anilines is 1. The maximum absolute atomic E-state index is 11.6. The van der Waals surface area contributed by atoms with Crippen LogP contribution in [-0.4, -0.2) is 33.8 Å². The molecule has 0 aliphatic rings. The molecule has 0 N–H and O–H groups in total. The van der Waals surface area contributed by atoms with Crippen molar-refractivity contribution in [3.63, 3.8) is 0 Å². The van der Waals surface area contributed by atoms with E-state index in [2.05, 4.69) is 0 Å². The Morgan fingerprint density at radius 1 is 1.24 bits per heavy atom. The van der Waals surface area contributed by atoms with Gasteiger partial charge in [-0.25, -0.2) is 8.42 Å². The summed E-state index contributed by atoms with van der Waals surface area (Å²) in [6, 6.07) is 8.96. The Kier molecular flexibility index (Phi) is 5.54. The van der Waals surface area contributed by atoms with Gasteiger partial charge >= 0.3 is 0 Å². The molecule has 0 spiro atoms. The summed E-state index contributed by atoms with van der Waals surface area (Å²) < 4.78 is 28.5. The van der Waals surface area contributed by atoms with Crippen LogP contribution in [0.15, 0.2) is 41.3 Å². The molecule has 0 aliphatic heterocycles. The predicted molar refractivity (Wildman–Crippen MR) is 96.3 cm³/mol. The summed E-state index contributed by atoms with van der Waals surface area (Å²) in [6.07, 6.45) is 1.01. The second-order valence-corrected chi connectivity index (χ2v) is 7.94. The maximum Gasteiger partial charge on any atom is 0.293 e. The molecule has 2 aromatic rings. The summed E-state index contributed by atoms with van der Waals surface area (Å²) in [7, 11) is -0.344. The van der Waals surface area contributed by atoms with E-state index in [1.807, 2.05) is 0 Å². The number of nitrogens with zero attached hydrogens (tertiary/aromatic N) is 2. The normalized spacial score (nSPS) is 11.2. The van der Waals surface area contributed by atoms with Crippen LogP contribution in [0.4, 0.5) is 11.4 Å². The lowest BCUT2D eigenvalue weighted by Gasteiger charge is -2.21. The van der Waals surface area contributed by atoms with Crippen LogP contribution < -0.4 is 9.64 Å². The highest BCUT2D eigenvalue weighted by molar-refractivity contribution is 7.90. The van der Waals surface area contributed by atoms with Gasteiger partial charge in [-0.1, -0.05) is 11.6 Å². The molecular weight excluding hydrogens is 368 g/mol. The van der Waals surface area contributed by atoms with E-state index >= 15 is 0 Å². The third kappa shape index (κ3) is 4.40. The summed E-state index contributed by atoms with van der Waals surface area (Å²) in [5, 5.41) is 11.9. The fourth-order valence-electron chi connectivity index (χ4n) is 2.41. The first kappa shape index (κ1) is 19.0. The highest BCUT2D eigenvalue weighted by atomic mass is 35.5. The molecule has 0 heterocycles. The Balaban J connectivity index is 2.44. The zero-order valence-corrected chi connectivity index (χ0v) is 15.5. The first-order valence-electron chi connectivity index (χ1n) is 7.15. The van der Waals surface area contributed by atoms with E-state index in [1.165, 1.54) is 19.2 Å². The van der Waals surface area contributed by atoms with Gasteiger partial charge in [-0.05, 0) is 30.3 Å². The fraction of sp³-hybridized carbons (Fsp3) is 0.250. The largest absolute Gasteiger partial charge is 0.496 e. The summed E-state index contributed by atoms with van der Waals surface area (Å²) >= 11 is 6.01. The van der Waals surface area contributed by atoms with Crippen molar-refractivity contribution in [2.45, 2.75) is 11.4 Å². The minimum absolute atomic E-state index is 0.100. The number of ether oxygens (including phenoxy) is 1. The molecule has 25 heavy (non-hydrogen) atoms. The summed E-state index contributed by atoms with van der Waals surface area (Å²) in [4.78, 5) is 12.3. The number of rotatable bonds is 6. The Labute approximate surface area is 150 Å². The smallest absolute Gasteiger partial charge is 0.293 e. The van der Waals surface area contributed by atoms with Crippen molar-refractivity contribution in [2.24, 2.45) is 0 Å². The van der Waals surface area contributed by atoms with Crippen LogP contribution >= 0.6 is 11.6 Å². The number of sulfone groups is 1. The number of nitro groups is 1. The van der Waals surface area contributed by atoms with Gasteiger partial charge in [0.1, 0.15) is 11.4 Å². The molecule has 7 nitrogen and oxygen atoms in total. The second-order valence-electron chi connectivity index (χ2n) is 5.49. The van der Waals surface area contributed by atoms with E-state index in [0.29, 0.717) is 23.0 Å². The van der Waals surface area contributed by atoms with Gasteiger partial charge in [0.25, 0.3) is 5.69 Å². The number of methoxy groups -OCH3 is 1. The average Bonchev–Trinajstić information content (AvgIpc) is 2.53. The SMILES string of the molecule is COc1ccc(Cl)cc1CN(C)c1ccc(S(C)(=O)=O)cc1[N+](=O)[O-]. The van der Waals surface area contributed by atoms with E-state index in [9.17, 15) is 18.5 Å². The zero-order chi connectivity index (χ0) is 18.8. The van der Waals surface area contributed by atoms with Crippen LogP contribution in [0.5, 0.6) is 5.75 Å². The quantitative estimate of drug-likeness (QED) is 0.560. The van der Waals surface area contributed by atoms with E-state index in [4.69, 9.17) is 16.3 Å². The summed E-state index contributed by atoms with van der Waals surface area (Å²) in [5.74, 6) is 0.603. The predicted octanol–water partition coefficient (Wildman–Crippen LogP) is 3.30. The van der Waals surface area contributed by atoms with Gasteiger partial charge in [-0.3, -0.25) is 10.1 Å². The van der Waals surface area contributed by atoms with Gasteiger partial charge in [-0.15, -0.1) is 0 Å². The van der Waals surface area contributed by atoms with Crippen molar-refractivity contribution in [1.29, 1.82) is 0 Å². The van der Waals surface area contributed by atoms with Crippen molar-refractivity contribution in [3.05, 3.63) is 57.1 Å². The van der Waals surface area contributed by atoms with Gasteiger partial charge in [0.05, 0.1) is 16.9 Å². The first-order valence-corrected chi connectivity index (χ1v) is 9.42. The lowest BCUT2D eigenvalue weighted by Crippen LogP contribution is -2.18. The Bertz CT molecular complexity index is 915. The van der Waals surface area contributed by atoms with E-state index < -0.39 is 14.8 Å². The van der Waals surface area contributed by atoms with Gasteiger partial charge in [0, 0.05) is 36.5 Å². The minimum Gasteiger partial charge on any atom is -0.496 e. The van der Waals surface area contributed by atoms with Gasteiger partial charge in [0.15, 0.2) is 9.84 Å². The average molecular weight is 385 g/mol. The lowest BCUT2D eigenvalue weighted by atomic mass is 10.1. The lowest BCUT2D eigenvalue weighted by molar-refractivity contribution is -0.384. The topological polar surface area (TPSA) is 89.8 Å².